The molecule has 0 amide bonds. The number of aromatic nitrogens is 2. The number of benzene rings is 1. The van der Waals surface area contributed by atoms with E-state index < -0.39 is 0 Å². The molecule has 2 aromatic rings. The average Bonchev–Trinajstić information content (AvgIpc) is 2.67. The van der Waals surface area contributed by atoms with E-state index in [2.05, 4.69) is 30.3 Å². The molecule has 1 aromatic carbocycles. The van der Waals surface area contributed by atoms with Crippen molar-refractivity contribution in [3.8, 4) is 0 Å². The maximum absolute atomic E-state index is 6.24. The Hall–Kier alpha value is -1.06. The van der Waals surface area contributed by atoms with Crippen molar-refractivity contribution < 1.29 is 0 Å². The average molecular weight is 252 g/mol. The van der Waals surface area contributed by atoms with Crippen molar-refractivity contribution in [3.63, 3.8) is 0 Å². The second-order valence-electron chi connectivity index (χ2n) is 4.59. The van der Waals surface area contributed by atoms with Crippen LogP contribution in [0.3, 0.4) is 0 Å². The van der Waals surface area contributed by atoms with Gasteiger partial charge in [0.1, 0.15) is 5.82 Å². The Bertz CT molecular complexity index is 531. The molecule has 0 bridgehead atoms. The molecule has 1 atom stereocenters. The van der Waals surface area contributed by atoms with Crippen LogP contribution in [-0.2, 0) is 6.54 Å². The number of aryl methyl sites for hydroxylation is 1. The lowest BCUT2D eigenvalue weighted by Gasteiger charge is -2.16. The molecule has 92 valence electrons. The van der Waals surface area contributed by atoms with E-state index in [4.69, 9.17) is 17.3 Å². The Labute approximate surface area is 107 Å². The number of nitrogens with two attached hydrogens (primary N) is 1. The van der Waals surface area contributed by atoms with E-state index in [9.17, 15) is 0 Å². The van der Waals surface area contributed by atoms with E-state index in [1.54, 1.807) is 0 Å². The highest BCUT2D eigenvalue weighted by Crippen LogP contribution is 2.28. The molecule has 17 heavy (non-hydrogen) atoms. The van der Waals surface area contributed by atoms with Crippen LogP contribution in [0.4, 0.5) is 0 Å². The van der Waals surface area contributed by atoms with Crippen molar-refractivity contribution in [1.82, 2.24) is 9.55 Å². The summed E-state index contributed by atoms with van der Waals surface area (Å²) in [5.74, 6) is 1.28. The maximum Gasteiger partial charge on any atom is 0.127 e. The summed E-state index contributed by atoms with van der Waals surface area (Å²) in [6, 6.07) is 5.73. The molecule has 0 spiro atoms. The van der Waals surface area contributed by atoms with Gasteiger partial charge in [-0.05, 0) is 25.0 Å². The van der Waals surface area contributed by atoms with Crippen LogP contribution in [0.2, 0.25) is 5.02 Å². The van der Waals surface area contributed by atoms with E-state index in [0.29, 0.717) is 5.92 Å². The number of halogens is 1. The quantitative estimate of drug-likeness (QED) is 0.909. The van der Waals surface area contributed by atoms with Gasteiger partial charge in [-0.3, -0.25) is 0 Å². The Balaban J connectivity index is 2.69. The Morgan fingerprint density at radius 1 is 1.41 bits per heavy atom. The van der Waals surface area contributed by atoms with Crippen LogP contribution < -0.4 is 5.73 Å². The van der Waals surface area contributed by atoms with Gasteiger partial charge in [-0.15, -0.1) is 0 Å². The fourth-order valence-electron chi connectivity index (χ4n) is 2.03. The molecule has 0 aliphatic heterocycles. The highest BCUT2D eigenvalue weighted by atomic mass is 35.5. The van der Waals surface area contributed by atoms with Gasteiger partial charge < -0.3 is 10.3 Å². The first-order chi connectivity index (χ1) is 8.06. The molecule has 0 saturated heterocycles. The molecule has 4 heteroatoms. The van der Waals surface area contributed by atoms with Crippen molar-refractivity contribution in [3.05, 3.63) is 29.0 Å². The number of hydrogen-bond donors (Lipinski definition) is 1. The largest absolute Gasteiger partial charge is 0.326 e. The molecule has 0 saturated carbocycles. The fraction of sp³-hybridized carbons (Fsp3) is 0.462. The second kappa shape index (κ2) is 4.67. The normalized spacial score (nSPS) is 13.5. The first kappa shape index (κ1) is 12.4. The molecule has 0 aliphatic carbocycles. The number of rotatable bonds is 3. The van der Waals surface area contributed by atoms with Crippen LogP contribution in [0.5, 0.6) is 0 Å². The maximum atomic E-state index is 6.24. The minimum Gasteiger partial charge on any atom is -0.326 e. The van der Waals surface area contributed by atoms with Crippen molar-refractivity contribution in [2.45, 2.75) is 33.4 Å². The zero-order valence-electron chi connectivity index (χ0n) is 10.4. The summed E-state index contributed by atoms with van der Waals surface area (Å²) in [5.41, 5.74) is 8.11. The number of fused-ring (bicyclic) bond motifs is 1. The van der Waals surface area contributed by atoms with E-state index in [1.807, 2.05) is 18.2 Å². The predicted molar refractivity (Wildman–Crippen MR) is 72.2 cm³/mol. The van der Waals surface area contributed by atoms with Gasteiger partial charge >= 0.3 is 0 Å². The molecule has 2 N–H and O–H groups in total. The molecular weight excluding hydrogens is 234 g/mol. The van der Waals surface area contributed by atoms with E-state index in [-0.39, 0.29) is 6.04 Å². The van der Waals surface area contributed by atoms with Crippen LogP contribution in [0.25, 0.3) is 11.0 Å². The second-order valence-corrected chi connectivity index (χ2v) is 5.00. The standard InChI is InChI=1S/C13H18ClN3/c1-4-17-12-9(14)6-5-7-10(12)16-13(17)11(15)8(2)3/h5-8,11H,4,15H2,1-3H3. The third-order valence-electron chi connectivity index (χ3n) is 3.08. The molecular formula is C13H18ClN3. The fourth-order valence-corrected chi connectivity index (χ4v) is 2.30. The summed E-state index contributed by atoms with van der Waals surface area (Å²) in [4.78, 5) is 4.62. The Kier molecular flexibility index (Phi) is 3.40. The highest BCUT2D eigenvalue weighted by molar-refractivity contribution is 6.35. The number of hydrogen-bond acceptors (Lipinski definition) is 2. The zero-order valence-corrected chi connectivity index (χ0v) is 11.2. The van der Waals surface area contributed by atoms with Crippen molar-refractivity contribution >= 4 is 22.6 Å². The minimum atomic E-state index is -0.0570. The molecule has 0 aliphatic rings. The molecule has 1 unspecified atom stereocenters. The SMILES string of the molecule is CCn1c(C(N)C(C)C)nc2cccc(Cl)c21. The minimum absolute atomic E-state index is 0.0570. The third kappa shape index (κ3) is 2.05. The molecule has 2 rings (SSSR count). The summed E-state index contributed by atoms with van der Waals surface area (Å²) >= 11 is 6.24. The van der Waals surface area contributed by atoms with Crippen molar-refractivity contribution in [1.29, 1.82) is 0 Å². The molecule has 0 radical (unpaired) electrons. The van der Waals surface area contributed by atoms with E-state index in [1.165, 1.54) is 0 Å². The summed E-state index contributed by atoms with van der Waals surface area (Å²) in [7, 11) is 0. The van der Waals surface area contributed by atoms with Crippen molar-refractivity contribution in [2.75, 3.05) is 0 Å². The van der Waals surface area contributed by atoms with Crippen LogP contribution in [-0.4, -0.2) is 9.55 Å². The summed E-state index contributed by atoms with van der Waals surface area (Å²) < 4.78 is 2.11. The van der Waals surface area contributed by atoms with Gasteiger partial charge in [0.15, 0.2) is 0 Å². The van der Waals surface area contributed by atoms with Crippen LogP contribution in [0.15, 0.2) is 18.2 Å². The van der Waals surface area contributed by atoms with Gasteiger partial charge in [0, 0.05) is 6.54 Å². The van der Waals surface area contributed by atoms with Gasteiger partial charge in [0.05, 0.1) is 22.1 Å². The van der Waals surface area contributed by atoms with Crippen LogP contribution in [0.1, 0.15) is 32.6 Å². The molecule has 1 aromatic heterocycles. The first-order valence-corrected chi connectivity index (χ1v) is 6.34. The lowest BCUT2D eigenvalue weighted by Crippen LogP contribution is -2.21. The summed E-state index contributed by atoms with van der Waals surface area (Å²) in [5, 5.41) is 0.735. The lowest BCUT2D eigenvalue weighted by molar-refractivity contribution is 0.472. The first-order valence-electron chi connectivity index (χ1n) is 5.96. The summed E-state index contributed by atoms with van der Waals surface area (Å²) in [6.07, 6.45) is 0. The van der Waals surface area contributed by atoms with Gasteiger partial charge in [0.2, 0.25) is 0 Å². The van der Waals surface area contributed by atoms with E-state index in [0.717, 1.165) is 28.4 Å². The highest BCUT2D eigenvalue weighted by Gasteiger charge is 2.19. The van der Waals surface area contributed by atoms with Gasteiger partial charge in [-0.2, -0.15) is 0 Å². The van der Waals surface area contributed by atoms with Gasteiger partial charge in [0.25, 0.3) is 0 Å². The predicted octanol–water partition coefficient (Wildman–Crippen LogP) is 3.37. The topological polar surface area (TPSA) is 43.8 Å². The third-order valence-corrected chi connectivity index (χ3v) is 3.38. The van der Waals surface area contributed by atoms with Crippen LogP contribution in [0, 0.1) is 5.92 Å². The number of para-hydroxylation sites is 1. The lowest BCUT2D eigenvalue weighted by atomic mass is 10.1. The number of nitrogens with zero attached hydrogens (tertiary/aromatic N) is 2. The molecule has 3 nitrogen and oxygen atoms in total. The van der Waals surface area contributed by atoms with Crippen molar-refractivity contribution in [2.24, 2.45) is 11.7 Å². The Morgan fingerprint density at radius 2 is 2.12 bits per heavy atom. The number of imidazole rings is 1. The molecule has 1 heterocycles. The zero-order chi connectivity index (χ0) is 12.6. The van der Waals surface area contributed by atoms with Crippen LogP contribution >= 0.6 is 11.6 Å². The molecule has 0 fully saturated rings. The monoisotopic (exact) mass is 251 g/mol. The Morgan fingerprint density at radius 3 is 2.71 bits per heavy atom. The smallest absolute Gasteiger partial charge is 0.127 e. The van der Waals surface area contributed by atoms with Gasteiger partial charge in [-0.1, -0.05) is 31.5 Å². The van der Waals surface area contributed by atoms with E-state index >= 15 is 0 Å². The van der Waals surface area contributed by atoms with Gasteiger partial charge in [-0.25, -0.2) is 4.98 Å². The summed E-state index contributed by atoms with van der Waals surface area (Å²) in [6.45, 7) is 7.12.